The van der Waals surface area contributed by atoms with E-state index in [-0.39, 0.29) is 0 Å². The van der Waals surface area contributed by atoms with Gasteiger partial charge in [-0.3, -0.25) is 4.98 Å². The van der Waals surface area contributed by atoms with Crippen LogP contribution >= 0.6 is 11.3 Å². The van der Waals surface area contributed by atoms with E-state index in [1.807, 2.05) is 24.4 Å². The second-order valence-corrected chi connectivity index (χ2v) is 5.74. The Bertz CT molecular complexity index is 524. The van der Waals surface area contributed by atoms with E-state index in [9.17, 15) is 0 Å². The third-order valence-corrected chi connectivity index (χ3v) is 4.30. The molecule has 0 bridgehead atoms. The average molecular weight is 290 g/mol. The minimum absolute atomic E-state index is 0.790. The van der Waals surface area contributed by atoms with Crippen LogP contribution in [0, 0.1) is 0 Å². The number of nitrogens with zero attached hydrogens (tertiary/aromatic N) is 3. The van der Waals surface area contributed by atoms with Gasteiger partial charge in [-0.1, -0.05) is 19.9 Å². The van der Waals surface area contributed by atoms with Crippen molar-refractivity contribution in [3.63, 3.8) is 0 Å². The molecule has 0 fully saturated rings. The van der Waals surface area contributed by atoms with Crippen LogP contribution in [0.3, 0.4) is 0 Å². The molecule has 5 heteroatoms. The molecule has 2 aromatic rings. The van der Waals surface area contributed by atoms with Crippen molar-refractivity contribution in [2.75, 3.05) is 18.5 Å². The molecule has 1 N–H and O–H groups in total. The van der Waals surface area contributed by atoms with E-state index >= 15 is 0 Å². The first-order chi connectivity index (χ1) is 9.74. The summed E-state index contributed by atoms with van der Waals surface area (Å²) in [6.45, 7) is 6.97. The second kappa shape index (κ2) is 7.36. The molecule has 2 rings (SSSR count). The summed E-state index contributed by atoms with van der Waals surface area (Å²) in [6, 6.07) is 6.01. The van der Waals surface area contributed by atoms with Crippen molar-refractivity contribution in [2.24, 2.45) is 0 Å². The lowest BCUT2D eigenvalue weighted by Crippen LogP contribution is -2.16. The average Bonchev–Trinajstić information content (AvgIpc) is 2.89. The smallest absolute Gasteiger partial charge is 0.185 e. The van der Waals surface area contributed by atoms with E-state index in [0.717, 1.165) is 36.9 Å². The topological polar surface area (TPSA) is 41.0 Å². The maximum Gasteiger partial charge on any atom is 0.185 e. The summed E-state index contributed by atoms with van der Waals surface area (Å²) in [6.07, 6.45) is 2.81. The standard InChI is InChI=1S/C15H22N4S/c1-4-13-14(10-16-5-2)20-15(18-13)19(3)11-12-8-6-7-9-17-12/h6-9,16H,4-5,10-11H2,1-3H3. The van der Waals surface area contributed by atoms with Gasteiger partial charge in [0.1, 0.15) is 0 Å². The number of thiazole rings is 1. The van der Waals surface area contributed by atoms with Crippen molar-refractivity contribution in [3.8, 4) is 0 Å². The van der Waals surface area contributed by atoms with Crippen LogP contribution in [0.1, 0.15) is 30.1 Å². The Hall–Kier alpha value is -1.46. The van der Waals surface area contributed by atoms with Gasteiger partial charge in [0, 0.05) is 24.7 Å². The first-order valence-electron chi connectivity index (χ1n) is 7.04. The van der Waals surface area contributed by atoms with Gasteiger partial charge in [0.25, 0.3) is 0 Å². The normalized spacial score (nSPS) is 10.8. The highest BCUT2D eigenvalue weighted by Crippen LogP contribution is 2.26. The molecule has 0 aliphatic carbocycles. The van der Waals surface area contributed by atoms with Crippen LogP contribution in [0.2, 0.25) is 0 Å². The maximum absolute atomic E-state index is 4.75. The molecule has 0 aliphatic heterocycles. The lowest BCUT2D eigenvalue weighted by atomic mass is 10.3. The van der Waals surface area contributed by atoms with E-state index < -0.39 is 0 Å². The molecule has 0 spiro atoms. The van der Waals surface area contributed by atoms with E-state index in [4.69, 9.17) is 4.98 Å². The van der Waals surface area contributed by atoms with Gasteiger partial charge in [0.2, 0.25) is 0 Å². The minimum atomic E-state index is 0.790. The van der Waals surface area contributed by atoms with E-state index in [1.54, 1.807) is 11.3 Å². The number of hydrogen-bond acceptors (Lipinski definition) is 5. The van der Waals surface area contributed by atoms with Crippen LogP contribution in [0.4, 0.5) is 5.13 Å². The highest BCUT2D eigenvalue weighted by molar-refractivity contribution is 7.15. The van der Waals surface area contributed by atoms with Crippen molar-refractivity contribution in [1.29, 1.82) is 0 Å². The third kappa shape index (κ3) is 3.77. The molecular formula is C15H22N4S. The zero-order chi connectivity index (χ0) is 14.4. The maximum atomic E-state index is 4.75. The number of nitrogens with one attached hydrogen (secondary N) is 1. The van der Waals surface area contributed by atoms with Crippen LogP contribution < -0.4 is 10.2 Å². The van der Waals surface area contributed by atoms with Crippen LogP contribution in [0.5, 0.6) is 0 Å². The highest BCUT2D eigenvalue weighted by Gasteiger charge is 2.13. The molecule has 0 aliphatic rings. The summed E-state index contributed by atoms with van der Waals surface area (Å²) in [7, 11) is 2.07. The molecule has 2 aromatic heterocycles. The summed E-state index contributed by atoms with van der Waals surface area (Å²) >= 11 is 1.78. The summed E-state index contributed by atoms with van der Waals surface area (Å²) in [5.41, 5.74) is 2.27. The predicted molar refractivity (Wildman–Crippen MR) is 85.2 cm³/mol. The van der Waals surface area contributed by atoms with Gasteiger partial charge in [-0.15, -0.1) is 11.3 Å². The van der Waals surface area contributed by atoms with Gasteiger partial charge in [-0.25, -0.2) is 4.98 Å². The van der Waals surface area contributed by atoms with Crippen molar-refractivity contribution >= 4 is 16.5 Å². The number of rotatable bonds is 7. The molecule has 0 atom stereocenters. The van der Waals surface area contributed by atoms with Gasteiger partial charge >= 0.3 is 0 Å². The van der Waals surface area contributed by atoms with Crippen LogP contribution in [-0.4, -0.2) is 23.6 Å². The summed E-state index contributed by atoms with van der Waals surface area (Å²) in [5, 5.41) is 4.45. The van der Waals surface area contributed by atoms with Crippen molar-refractivity contribution < 1.29 is 0 Å². The number of anilines is 1. The van der Waals surface area contributed by atoms with E-state index in [2.05, 4.69) is 36.1 Å². The van der Waals surface area contributed by atoms with Gasteiger partial charge in [0.05, 0.1) is 17.9 Å². The first-order valence-corrected chi connectivity index (χ1v) is 7.86. The van der Waals surface area contributed by atoms with Crippen LogP contribution in [-0.2, 0) is 19.5 Å². The highest BCUT2D eigenvalue weighted by atomic mass is 32.1. The SMILES string of the molecule is CCNCc1sc(N(C)Cc2ccccn2)nc1CC. The first kappa shape index (κ1) is 14.9. The molecule has 0 radical (unpaired) electrons. The molecule has 20 heavy (non-hydrogen) atoms. The van der Waals surface area contributed by atoms with Gasteiger partial charge in [-0.05, 0) is 25.1 Å². The Morgan fingerprint density at radius 1 is 1.30 bits per heavy atom. The van der Waals surface area contributed by atoms with Crippen molar-refractivity contribution in [3.05, 3.63) is 40.7 Å². The lowest BCUT2D eigenvalue weighted by molar-refractivity contribution is 0.727. The molecule has 0 saturated carbocycles. The summed E-state index contributed by atoms with van der Waals surface area (Å²) < 4.78 is 0. The number of aryl methyl sites for hydroxylation is 1. The van der Waals surface area contributed by atoms with E-state index in [0.29, 0.717) is 0 Å². The third-order valence-electron chi connectivity index (χ3n) is 3.09. The zero-order valence-corrected chi connectivity index (χ0v) is 13.2. The van der Waals surface area contributed by atoms with Crippen LogP contribution in [0.15, 0.2) is 24.4 Å². The second-order valence-electron chi connectivity index (χ2n) is 4.68. The Balaban J connectivity index is 2.09. The lowest BCUT2D eigenvalue weighted by Gasteiger charge is -2.14. The zero-order valence-electron chi connectivity index (χ0n) is 12.4. The van der Waals surface area contributed by atoms with E-state index in [1.165, 1.54) is 10.6 Å². The van der Waals surface area contributed by atoms with Crippen molar-refractivity contribution in [1.82, 2.24) is 15.3 Å². The van der Waals surface area contributed by atoms with Gasteiger partial charge in [-0.2, -0.15) is 0 Å². The molecule has 0 saturated heterocycles. The van der Waals surface area contributed by atoms with Gasteiger partial charge in [0.15, 0.2) is 5.13 Å². The fraction of sp³-hybridized carbons (Fsp3) is 0.467. The summed E-state index contributed by atoms with van der Waals surface area (Å²) in [5.74, 6) is 0. The predicted octanol–water partition coefficient (Wildman–Crippen LogP) is 2.85. The Morgan fingerprint density at radius 3 is 2.80 bits per heavy atom. The molecule has 108 valence electrons. The quantitative estimate of drug-likeness (QED) is 0.851. The summed E-state index contributed by atoms with van der Waals surface area (Å²) in [4.78, 5) is 12.6. The number of pyridine rings is 1. The molecule has 0 unspecified atom stereocenters. The Labute approximate surface area is 124 Å². The molecule has 4 nitrogen and oxygen atoms in total. The van der Waals surface area contributed by atoms with Crippen molar-refractivity contribution in [2.45, 2.75) is 33.4 Å². The molecule has 2 heterocycles. The van der Waals surface area contributed by atoms with Crippen LogP contribution in [0.25, 0.3) is 0 Å². The largest absolute Gasteiger partial charge is 0.345 e. The molecular weight excluding hydrogens is 268 g/mol. The number of hydrogen-bond donors (Lipinski definition) is 1. The Morgan fingerprint density at radius 2 is 2.15 bits per heavy atom. The monoisotopic (exact) mass is 290 g/mol. The fourth-order valence-corrected chi connectivity index (χ4v) is 3.07. The number of aromatic nitrogens is 2. The Kier molecular flexibility index (Phi) is 5.49. The minimum Gasteiger partial charge on any atom is -0.345 e. The molecule has 0 aromatic carbocycles. The molecule has 0 amide bonds. The fourth-order valence-electron chi connectivity index (χ4n) is 1.99. The van der Waals surface area contributed by atoms with Gasteiger partial charge < -0.3 is 10.2 Å².